The molecule has 0 aromatic heterocycles. The Kier molecular flexibility index (Phi) is 6.36. The molecule has 2 aromatic carbocycles. The van der Waals surface area contributed by atoms with Gasteiger partial charge in [-0.05, 0) is 63.3 Å². The molecule has 0 aliphatic carbocycles. The molecule has 2 aliphatic rings. The maximum Gasteiger partial charge on any atom is 0.255 e. The predicted molar refractivity (Wildman–Crippen MR) is 121 cm³/mol. The Morgan fingerprint density at radius 2 is 1.53 bits per heavy atom. The van der Waals surface area contributed by atoms with Crippen LogP contribution in [0.2, 0.25) is 0 Å². The van der Waals surface area contributed by atoms with Crippen LogP contribution in [0.4, 0.5) is 11.4 Å². The van der Waals surface area contributed by atoms with Gasteiger partial charge in [0.15, 0.2) is 0 Å². The van der Waals surface area contributed by atoms with E-state index in [2.05, 4.69) is 41.4 Å². The summed E-state index contributed by atoms with van der Waals surface area (Å²) in [6, 6.07) is 16.0. The van der Waals surface area contributed by atoms with Gasteiger partial charge in [0.25, 0.3) is 5.91 Å². The Morgan fingerprint density at radius 1 is 0.867 bits per heavy atom. The fourth-order valence-corrected chi connectivity index (χ4v) is 4.44. The number of amides is 2. The molecule has 2 fully saturated rings. The van der Waals surface area contributed by atoms with Crippen LogP contribution in [0.1, 0.15) is 48.0 Å². The van der Waals surface area contributed by atoms with E-state index in [-0.39, 0.29) is 17.7 Å². The van der Waals surface area contributed by atoms with Crippen molar-refractivity contribution in [2.24, 2.45) is 5.92 Å². The van der Waals surface area contributed by atoms with E-state index in [9.17, 15) is 9.59 Å². The molecule has 0 radical (unpaired) electrons. The van der Waals surface area contributed by atoms with Gasteiger partial charge in [0.1, 0.15) is 0 Å². The number of benzene rings is 2. The minimum absolute atomic E-state index is 0.0233. The number of hydrogen-bond donors (Lipinski definition) is 1. The van der Waals surface area contributed by atoms with E-state index in [0.717, 1.165) is 51.9 Å². The van der Waals surface area contributed by atoms with Crippen LogP contribution < -0.4 is 10.2 Å². The molecule has 2 amide bonds. The first kappa shape index (κ1) is 20.5. The third kappa shape index (κ3) is 4.66. The van der Waals surface area contributed by atoms with Gasteiger partial charge >= 0.3 is 0 Å². The lowest BCUT2D eigenvalue weighted by Crippen LogP contribution is -2.39. The highest BCUT2D eigenvalue weighted by Gasteiger charge is 2.27. The monoisotopic (exact) mass is 405 g/mol. The second-order valence-corrected chi connectivity index (χ2v) is 8.48. The van der Waals surface area contributed by atoms with Crippen LogP contribution in [0.3, 0.4) is 0 Å². The maximum absolute atomic E-state index is 13.0. The van der Waals surface area contributed by atoms with Crippen molar-refractivity contribution in [2.45, 2.75) is 39.0 Å². The average Bonchev–Trinajstić information content (AvgIpc) is 2.80. The Labute approximate surface area is 179 Å². The molecular formula is C25H31N3O2. The number of nitrogens with zero attached hydrogens (tertiary/aromatic N) is 2. The minimum Gasteiger partial charge on any atom is -0.371 e. The zero-order valence-corrected chi connectivity index (χ0v) is 17.8. The molecule has 0 saturated carbocycles. The molecule has 30 heavy (non-hydrogen) atoms. The van der Waals surface area contributed by atoms with Crippen LogP contribution in [0.25, 0.3) is 0 Å². The molecule has 2 aromatic rings. The highest BCUT2D eigenvalue weighted by Crippen LogP contribution is 2.26. The number of nitrogens with one attached hydrogen (secondary N) is 1. The number of hydrogen-bond acceptors (Lipinski definition) is 3. The largest absolute Gasteiger partial charge is 0.371 e. The summed E-state index contributed by atoms with van der Waals surface area (Å²) in [6.45, 7) is 5.44. The summed E-state index contributed by atoms with van der Waals surface area (Å²) in [5.74, 6) is 0.0297. The summed E-state index contributed by atoms with van der Waals surface area (Å²) in [5, 5.41) is 3.06. The van der Waals surface area contributed by atoms with E-state index in [0.29, 0.717) is 11.3 Å². The predicted octanol–water partition coefficient (Wildman–Crippen LogP) is 4.48. The molecule has 1 N–H and O–H groups in total. The zero-order chi connectivity index (χ0) is 20.9. The number of carbonyl (C=O) groups excluding carboxylic acids is 2. The topological polar surface area (TPSA) is 52.7 Å². The van der Waals surface area contributed by atoms with Crippen molar-refractivity contribution < 1.29 is 9.59 Å². The molecule has 4 rings (SSSR count). The summed E-state index contributed by atoms with van der Waals surface area (Å²) in [7, 11) is 0. The van der Waals surface area contributed by atoms with Crippen LogP contribution in [-0.4, -0.2) is 42.9 Å². The summed E-state index contributed by atoms with van der Waals surface area (Å²) in [4.78, 5) is 30.2. The Balaban J connectivity index is 1.37. The number of para-hydroxylation sites is 1. The smallest absolute Gasteiger partial charge is 0.255 e. The van der Waals surface area contributed by atoms with Gasteiger partial charge < -0.3 is 15.1 Å². The summed E-state index contributed by atoms with van der Waals surface area (Å²) >= 11 is 0. The van der Waals surface area contributed by atoms with E-state index in [1.807, 2.05) is 29.2 Å². The van der Waals surface area contributed by atoms with Gasteiger partial charge in [-0.15, -0.1) is 0 Å². The van der Waals surface area contributed by atoms with E-state index in [4.69, 9.17) is 0 Å². The van der Waals surface area contributed by atoms with Gasteiger partial charge in [0, 0.05) is 37.8 Å². The van der Waals surface area contributed by atoms with Crippen LogP contribution in [0, 0.1) is 12.8 Å². The molecule has 2 aliphatic heterocycles. The minimum atomic E-state index is -0.0233. The van der Waals surface area contributed by atoms with Crippen molar-refractivity contribution in [2.75, 3.05) is 36.4 Å². The van der Waals surface area contributed by atoms with Crippen LogP contribution in [0.15, 0.2) is 48.5 Å². The fourth-order valence-electron chi connectivity index (χ4n) is 4.44. The first-order valence-electron chi connectivity index (χ1n) is 11.1. The van der Waals surface area contributed by atoms with Crippen molar-refractivity contribution in [3.63, 3.8) is 0 Å². The van der Waals surface area contributed by atoms with Gasteiger partial charge in [-0.3, -0.25) is 9.59 Å². The van der Waals surface area contributed by atoms with Crippen molar-refractivity contribution in [1.29, 1.82) is 0 Å². The first-order chi connectivity index (χ1) is 14.6. The number of aryl methyl sites for hydroxylation is 1. The van der Waals surface area contributed by atoms with Crippen LogP contribution in [-0.2, 0) is 4.79 Å². The Bertz CT molecular complexity index is 880. The normalized spacial score (nSPS) is 17.6. The second-order valence-electron chi connectivity index (χ2n) is 8.48. The van der Waals surface area contributed by atoms with Gasteiger partial charge in [-0.1, -0.05) is 29.8 Å². The van der Waals surface area contributed by atoms with E-state index >= 15 is 0 Å². The molecule has 0 bridgehead atoms. The summed E-state index contributed by atoms with van der Waals surface area (Å²) in [6.07, 6.45) is 4.94. The van der Waals surface area contributed by atoms with Crippen molar-refractivity contribution >= 4 is 23.2 Å². The van der Waals surface area contributed by atoms with Crippen LogP contribution in [0.5, 0.6) is 0 Å². The average molecular weight is 406 g/mol. The van der Waals surface area contributed by atoms with E-state index in [1.165, 1.54) is 17.7 Å². The fraction of sp³-hybridized carbons (Fsp3) is 0.440. The van der Waals surface area contributed by atoms with Crippen molar-refractivity contribution in [3.05, 3.63) is 59.7 Å². The van der Waals surface area contributed by atoms with Gasteiger partial charge in [0.05, 0.1) is 11.3 Å². The number of likely N-dealkylation sites (tertiary alicyclic amines) is 1. The highest BCUT2D eigenvalue weighted by atomic mass is 16.2. The Morgan fingerprint density at radius 3 is 2.23 bits per heavy atom. The Hall–Kier alpha value is -2.82. The third-order valence-corrected chi connectivity index (χ3v) is 6.32. The first-order valence-corrected chi connectivity index (χ1v) is 11.1. The quantitative estimate of drug-likeness (QED) is 0.816. The van der Waals surface area contributed by atoms with E-state index < -0.39 is 0 Å². The number of rotatable bonds is 4. The van der Waals surface area contributed by atoms with Gasteiger partial charge in [0.2, 0.25) is 5.91 Å². The number of carbonyl (C=O) groups is 2. The summed E-state index contributed by atoms with van der Waals surface area (Å²) < 4.78 is 0. The number of anilines is 2. The van der Waals surface area contributed by atoms with Gasteiger partial charge in [-0.25, -0.2) is 0 Å². The molecule has 0 spiro atoms. The zero-order valence-electron chi connectivity index (χ0n) is 17.8. The molecule has 2 heterocycles. The second kappa shape index (κ2) is 9.33. The molecule has 158 valence electrons. The van der Waals surface area contributed by atoms with Crippen molar-refractivity contribution in [3.8, 4) is 0 Å². The molecular weight excluding hydrogens is 374 g/mol. The summed E-state index contributed by atoms with van der Waals surface area (Å²) in [5.41, 5.74) is 3.71. The SMILES string of the molecule is Cc1ccc(N2CCC(C(=O)Nc3ccccc3C(=O)N3CCCCC3)CC2)cc1. The maximum atomic E-state index is 13.0. The van der Waals surface area contributed by atoms with Gasteiger partial charge in [-0.2, -0.15) is 0 Å². The van der Waals surface area contributed by atoms with E-state index in [1.54, 1.807) is 0 Å². The van der Waals surface area contributed by atoms with Crippen molar-refractivity contribution in [1.82, 2.24) is 4.90 Å². The molecule has 5 heteroatoms. The lowest BCUT2D eigenvalue weighted by Gasteiger charge is -2.33. The lowest BCUT2D eigenvalue weighted by molar-refractivity contribution is -0.120. The lowest BCUT2D eigenvalue weighted by atomic mass is 9.95. The standard InChI is InChI=1S/C25H31N3O2/c1-19-9-11-21(12-10-19)27-17-13-20(14-18-27)24(29)26-23-8-4-3-7-22(23)25(30)28-15-5-2-6-16-28/h3-4,7-12,20H,2,5-6,13-18H2,1H3,(H,26,29). The molecule has 0 unspecified atom stereocenters. The van der Waals surface area contributed by atoms with Crippen LogP contribution >= 0.6 is 0 Å². The highest BCUT2D eigenvalue weighted by molar-refractivity contribution is 6.04. The molecule has 2 saturated heterocycles. The molecule has 5 nitrogen and oxygen atoms in total. The number of piperidine rings is 2. The third-order valence-electron chi connectivity index (χ3n) is 6.32. The molecule has 0 atom stereocenters.